The van der Waals surface area contributed by atoms with Gasteiger partial charge >= 0.3 is 0 Å². The molecule has 0 amide bonds. The Labute approximate surface area is 84.2 Å². The minimum absolute atomic E-state index is 0.545. The SMILES string of the molecule is NNc1ccc(CCl)c(I)c1. The molecular formula is C7H8ClIN2. The third-order valence-electron chi connectivity index (χ3n) is 1.36. The monoisotopic (exact) mass is 282 g/mol. The van der Waals surface area contributed by atoms with Crippen LogP contribution >= 0.6 is 34.2 Å². The molecule has 0 aromatic heterocycles. The minimum atomic E-state index is 0.545. The largest absolute Gasteiger partial charge is 0.324 e. The second kappa shape index (κ2) is 4.13. The van der Waals surface area contributed by atoms with Crippen LogP contribution in [0.15, 0.2) is 18.2 Å². The number of benzene rings is 1. The number of hydrogen-bond acceptors (Lipinski definition) is 2. The minimum Gasteiger partial charge on any atom is -0.324 e. The smallest absolute Gasteiger partial charge is 0.0495 e. The van der Waals surface area contributed by atoms with Gasteiger partial charge in [-0.05, 0) is 40.3 Å². The number of nitrogens with one attached hydrogen (secondary N) is 1. The predicted octanol–water partition coefficient (Wildman–Crippen LogP) is 2.32. The van der Waals surface area contributed by atoms with E-state index in [4.69, 9.17) is 17.4 Å². The maximum absolute atomic E-state index is 5.67. The van der Waals surface area contributed by atoms with Gasteiger partial charge in [-0.3, -0.25) is 5.84 Å². The molecule has 1 aromatic carbocycles. The number of hydrazine groups is 1. The maximum Gasteiger partial charge on any atom is 0.0495 e. The van der Waals surface area contributed by atoms with Crippen molar-refractivity contribution in [1.29, 1.82) is 0 Å². The second-order valence-electron chi connectivity index (χ2n) is 2.08. The highest BCUT2D eigenvalue weighted by Crippen LogP contribution is 2.18. The summed E-state index contributed by atoms with van der Waals surface area (Å²) in [5.41, 5.74) is 4.61. The fraction of sp³-hybridized carbons (Fsp3) is 0.143. The highest BCUT2D eigenvalue weighted by Gasteiger charge is 1.97. The fourth-order valence-corrected chi connectivity index (χ4v) is 1.91. The van der Waals surface area contributed by atoms with E-state index in [2.05, 4.69) is 28.0 Å². The summed E-state index contributed by atoms with van der Waals surface area (Å²) in [7, 11) is 0. The average Bonchev–Trinajstić information content (AvgIpc) is 2.04. The predicted molar refractivity (Wildman–Crippen MR) is 56.5 cm³/mol. The molecule has 1 rings (SSSR count). The van der Waals surface area contributed by atoms with Crippen molar-refractivity contribution in [3.63, 3.8) is 0 Å². The van der Waals surface area contributed by atoms with E-state index in [0.29, 0.717) is 5.88 Å². The Bertz CT molecular complexity index is 252. The van der Waals surface area contributed by atoms with Crippen molar-refractivity contribution >= 4 is 39.9 Å². The standard InChI is InChI=1S/C7H8ClIN2/c8-4-5-1-2-6(11-10)3-7(5)9/h1-3,11H,4,10H2. The van der Waals surface area contributed by atoms with Gasteiger partial charge in [0.2, 0.25) is 0 Å². The van der Waals surface area contributed by atoms with Gasteiger partial charge in [0.05, 0.1) is 0 Å². The van der Waals surface area contributed by atoms with Gasteiger partial charge in [0.15, 0.2) is 0 Å². The molecule has 0 radical (unpaired) electrons. The van der Waals surface area contributed by atoms with E-state index in [1.165, 1.54) is 0 Å². The topological polar surface area (TPSA) is 38.0 Å². The molecule has 4 heteroatoms. The molecule has 3 N–H and O–H groups in total. The first-order chi connectivity index (χ1) is 5.27. The van der Waals surface area contributed by atoms with E-state index in [9.17, 15) is 0 Å². The van der Waals surface area contributed by atoms with Crippen molar-refractivity contribution in [3.05, 3.63) is 27.3 Å². The Morgan fingerprint density at radius 2 is 2.27 bits per heavy atom. The molecule has 0 heterocycles. The molecule has 0 aliphatic heterocycles. The van der Waals surface area contributed by atoms with Crippen LogP contribution < -0.4 is 11.3 Å². The van der Waals surface area contributed by atoms with Crippen LogP contribution in [0.1, 0.15) is 5.56 Å². The molecule has 0 unspecified atom stereocenters. The molecule has 2 nitrogen and oxygen atoms in total. The Balaban J connectivity index is 2.99. The number of alkyl halides is 1. The number of rotatable bonds is 2. The van der Waals surface area contributed by atoms with Crippen LogP contribution in [0.5, 0.6) is 0 Å². The zero-order valence-electron chi connectivity index (χ0n) is 5.77. The lowest BCUT2D eigenvalue weighted by atomic mass is 10.2. The van der Waals surface area contributed by atoms with Gasteiger partial charge in [0.25, 0.3) is 0 Å². The van der Waals surface area contributed by atoms with Crippen LogP contribution in [0, 0.1) is 3.57 Å². The molecule has 0 aliphatic rings. The zero-order chi connectivity index (χ0) is 8.27. The summed E-state index contributed by atoms with van der Waals surface area (Å²) in [5.74, 6) is 5.77. The zero-order valence-corrected chi connectivity index (χ0v) is 8.69. The van der Waals surface area contributed by atoms with Gasteiger partial charge < -0.3 is 5.43 Å². The summed E-state index contributed by atoms with van der Waals surface area (Å²) in [6.07, 6.45) is 0. The molecular weight excluding hydrogens is 274 g/mol. The summed E-state index contributed by atoms with van der Waals surface area (Å²) in [5, 5.41) is 0. The molecule has 60 valence electrons. The first kappa shape index (κ1) is 9.09. The molecule has 0 saturated heterocycles. The van der Waals surface area contributed by atoms with Gasteiger partial charge in [-0.15, -0.1) is 11.6 Å². The van der Waals surface area contributed by atoms with Crippen molar-refractivity contribution in [2.45, 2.75) is 5.88 Å². The fourth-order valence-electron chi connectivity index (χ4n) is 0.745. The molecule has 0 fully saturated rings. The first-order valence-electron chi connectivity index (χ1n) is 3.09. The Morgan fingerprint density at radius 3 is 2.73 bits per heavy atom. The van der Waals surface area contributed by atoms with Gasteiger partial charge in [0, 0.05) is 15.1 Å². The summed E-state index contributed by atoms with van der Waals surface area (Å²) < 4.78 is 1.13. The lowest BCUT2D eigenvalue weighted by Gasteiger charge is -2.03. The second-order valence-corrected chi connectivity index (χ2v) is 3.51. The van der Waals surface area contributed by atoms with Gasteiger partial charge in [-0.25, -0.2) is 0 Å². The lowest BCUT2D eigenvalue weighted by molar-refractivity contribution is 1.31. The summed E-state index contributed by atoms with van der Waals surface area (Å²) in [4.78, 5) is 0. The van der Waals surface area contributed by atoms with Crippen LogP contribution in [0.25, 0.3) is 0 Å². The van der Waals surface area contributed by atoms with E-state index in [1.54, 1.807) is 0 Å². The first-order valence-corrected chi connectivity index (χ1v) is 4.70. The van der Waals surface area contributed by atoms with Crippen molar-refractivity contribution in [2.75, 3.05) is 5.43 Å². The molecule has 11 heavy (non-hydrogen) atoms. The summed E-state index contributed by atoms with van der Waals surface area (Å²) in [6, 6.07) is 5.82. The van der Waals surface area contributed by atoms with Crippen molar-refractivity contribution in [3.8, 4) is 0 Å². The highest BCUT2D eigenvalue weighted by atomic mass is 127. The summed E-state index contributed by atoms with van der Waals surface area (Å²) in [6.45, 7) is 0. The molecule has 0 saturated carbocycles. The third kappa shape index (κ3) is 2.21. The van der Waals surface area contributed by atoms with Crippen LogP contribution in [0.2, 0.25) is 0 Å². The molecule has 0 aliphatic carbocycles. The van der Waals surface area contributed by atoms with Crippen molar-refractivity contribution in [1.82, 2.24) is 0 Å². The van der Waals surface area contributed by atoms with Crippen LogP contribution in [-0.2, 0) is 5.88 Å². The molecule has 0 atom stereocenters. The maximum atomic E-state index is 5.67. The lowest BCUT2D eigenvalue weighted by Crippen LogP contribution is -2.06. The Kier molecular flexibility index (Phi) is 3.42. The van der Waals surface area contributed by atoms with Crippen LogP contribution in [0.3, 0.4) is 0 Å². The molecule has 0 spiro atoms. The van der Waals surface area contributed by atoms with E-state index in [0.717, 1.165) is 14.8 Å². The normalized spacial score (nSPS) is 9.73. The van der Waals surface area contributed by atoms with E-state index in [-0.39, 0.29) is 0 Å². The van der Waals surface area contributed by atoms with Crippen LogP contribution in [-0.4, -0.2) is 0 Å². The highest BCUT2D eigenvalue weighted by molar-refractivity contribution is 14.1. The number of hydrogen-bond donors (Lipinski definition) is 2. The van der Waals surface area contributed by atoms with Gasteiger partial charge in [-0.2, -0.15) is 0 Å². The average molecular weight is 283 g/mol. The quantitative estimate of drug-likeness (QED) is 0.378. The van der Waals surface area contributed by atoms with Gasteiger partial charge in [-0.1, -0.05) is 6.07 Å². The summed E-state index contributed by atoms with van der Waals surface area (Å²) >= 11 is 7.90. The molecule has 0 bridgehead atoms. The number of halogens is 2. The van der Waals surface area contributed by atoms with E-state index < -0.39 is 0 Å². The van der Waals surface area contributed by atoms with Crippen molar-refractivity contribution < 1.29 is 0 Å². The van der Waals surface area contributed by atoms with E-state index in [1.807, 2.05) is 18.2 Å². The van der Waals surface area contributed by atoms with Crippen molar-refractivity contribution in [2.24, 2.45) is 5.84 Å². The van der Waals surface area contributed by atoms with E-state index >= 15 is 0 Å². The molecule has 1 aromatic rings. The number of nitrogen functional groups attached to an aromatic ring is 1. The number of nitrogens with two attached hydrogens (primary N) is 1. The third-order valence-corrected chi connectivity index (χ3v) is 2.66. The van der Waals surface area contributed by atoms with Gasteiger partial charge in [0.1, 0.15) is 0 Å². The Hall–Kier alpha value is -0.000000000000000111. The van der Waals surface area contributed by atoms with Crippen LogP contribution in [0.4, 0.5) is 5.69 Å². The number of anilines is 1. The Morgan fingerprint density at radius 1 is 1.55 bits per heavy atom.